The average molecular weight is 231 g/mol. The molecule has 0 aromatic rings. The van der Waals surface area contributed by atoms with Gasteiger partial charge in [0.25, 0.3) is 0 Å². The smallest absolute Gasteiger partial charge is 0.319 e. The van der Waals surface area contributed by atoms with E-state index in [1.54, 1.807) is 13.8 Å². The predicted octanol–water partition coefficient (Wildman–Crippen LogP) is 2.15. The number of alkyl halides is 4. The fraction of sp³-hybridized carbons (Fsp3) is 1.00. The van der Waals surface area contributed by atoms with Crippen molar-refractivity contribution in [3.8, 4) is 0 Å². The summed E-state index contributed by atoms with van der Waals surface area (Å²) in [5.41, 5.74) is 0. The van der Waals surface area contributed by atoms with Crippen LogP contribution in [0.5, 0.6) is 0 Å². The maximum absolute atomic E-state index is 12.6. The van der Waals surface area contributed by atoms with Gasteiger partial charge >= 0.3 is 12.3 Å². The van der Waals surface area contributed by atoms with Crippen LogP contribution in [0.3, 0.4) is 0 Å². The van der Waals surface area contributed by atoms with Gasteiger partial charge in [0.15, 0.2) is 0 Å². The summed E-state index contributed by atoms with van der Waals surface area (Å²) >= 11 is 0. The van der Waals surface area contributed by atoms with Crippen LogP contribution >= 0.6 is 0 Å². The molecule has 15 heavy (non-hydrogen) atoms. The van der Waals surface area contributed by atoms with E-state index < -0.39 is 18.9 Å². The number of rotatable bonds is 7. The van der Waals surface area contributed by atoms with E-state index in [-0.39, 0.29) is 18.6 Å². The Kier molecular flexibility index (Phi) is 6.12. The van der Waals surface area contributed by atoms with Crippen molar-refractivity contribution < 1.29 is 22.3 Å². The van der Waals surface area contributed by atoms with Crippen LogP contribution in [0.15, 0.2) is 0 Å². The Bertz CT molecular complexity index is 175. The third-order valence-corrected chi connectivity index (χ3v) is 2.07. The second-order valence-corrected chi connectivity index (χ2v) is 3.75. The maximum Gasteiger partial charge on any atom is 0.319 e. The van der Waals surface area contributed by atoms with E-state index in [1.165, 1.54) is 7.11 Å². The molecule has 1 atom stereocenters. The minimum absolute atomic E-state index is 0.0402. The van der Waals surface area contributed by atoms with E-state index in [2.05, 4.69) is 5.32 Å². The van der Waals surface area contributed by atoms with Crippen molar-refractivity contribution in [3.63, 3.8) is 0 Å². The van der Waals surface area contributed by atoms with Gasteiger partial charge in [-0.3, -0.25) is 0 Å². The van der Waals surface area contributed by atoms with E-state index in [9.17, 15) is 17.6 Å². The fourth-order valence-corrected chi connectivity index (χ4v) is 1.01. The quantitative estimate of drug-likeness (QED) is 0.678. The lowest BCUT2D eigenvalue weighted by Gasteiger charge is -2.24. The highest BCUT2D eigenvalue weighted by Gasteiger charge is 2.40. The highest BCUT2D eigenvalue weighted by molar-refractivity contribution is 4.77. The van der Waals surface area contributed by atoms with Gasteiger partial charge in [0, 0.05) is 13.2 Å². The van der Waals surface area contributed by atoms with Gasteiger partial charge in [0.2, 0.25) is 0 Å². The molecule has 0 aromatic carbocycles. The molecule has 0 amide bonds. The van der Waals surface area contributed by atoms with Crippen molar-refractivity contribution >= 4 is 0 Å². The van der Waals surface area contributed by atoms with Crippen molar-refractivity contribution in [1.82, 2.24) is 5.32 Å². The highest BCUT2D eigenvalue weighted by Crippen LogP contribution is 2.22. The first-order valence-electron chi connectivity index (χ1n) is 4.69. The van der Waals surface area contributed by atoms with Gasteiger partial charge in [-0.25, -0.2) is 8.78 Å². The SMILES string of the molecule is COCC(NCC(F)(F)C(F)F)C(C)C. The lowest BCUT2D eigenvalue weighted by Crippen LogP contribution is -2.46. The van der Waals surface area contributed by atoms with Crippen molar-refractivity contribution in [2.24, 2.45) is 5.92 Å². The molecule has 0 rings (SSSR count). The second kappa shape index (κ2) is 6.27. The minimum Gasteiger partial charge on any atom is -0.383 e. The standard InChI is InChI=1S/C9H17F4NO/c1-6(2)7(4-15-3)14-5-9(12,13)8(10)11/h6-8,14H,4-5H2,1-3H3. The topological polar surface area (TPSA) is 21.3 Å². The molecule has 0 saturated heterocycles. The first-order valence-corrected chi connectivity index (χ1v) is 4.69. The first-order chi connectivity index (χ1) is 6.81. The molecule has 2 nitrogen and oxygen atoms in total. The molecular formula is C9H17F4NO. The monoisotopic (exact) mass is 231 g/mol. The zero-order valence-corrected chi connectivity index (χ0v) is 9.07. The molecule has 0 bridgehead atoms. The van der Waals surface area contributed by atoms with Crippen LogP contribution in [-0.4, -0.2) is 38.7 Å². The van der Waals surface area contributed by atoms with Gasteiger partial charge in [-0.1, -0.05) is 13.8 Å². The summed E-state index contributed by atoms with van der Waals surface area (Å²) in [6.45, 7) is 2.79. The number of methoxy groups -OCH3 is 1. The van der Waals surface area contributed by atoms with Crippen LogP contribution < -0.4 is 5.32 Å². The van der Waals surface area contributed by atoms with Crippen LogP contribution in [0.1, 0.15) is 13.8 Å². The summed E-state index contributed by atoms with van der Waals surface area (Å²) in [6, 6.07) is -0.348. The van der Waals surface area contributed by atoms with Crippen LogP contribution in [0.25, 0.3) is 0 Å². The Morgan fingerprint density at radius 3 is 2.13 bits per heavy atom. The van der Waals surface area contributed by atoms with Gasteiger partial charge in [-0.2, -0.15) is 8.78 Å². The summed E-state index contributed by atoms with van der Waals surface area (Å²) < 4.78 is 53.6. The number of nitrogens with one attached hydrogen (secondary N) is 1. The van der Waals surface area contributed by atoms with Gasteiger partial charge in [0.05, 0.1) is 13.2 Å². The third-order valence-electron chi connectivity index (χ3n) is 2.07. The van der Waals surface area contributed by atoms with E-state index in [0.717, 1.165) is 0 Å². The molecule has 0 aliphatic rings. The van der Waals surface area contributed by atoms with Crippen molar-refractivity contribution in [3.05, 3.63) is 0 Å². The molecule has 0 fully saturated rings. The predicted molar refractivity (Wildman–Crippen MR) is 49.5 cm³/mol. The summed E-state index contributed by atoms with van der Waals surface area (Å²) in [4.78, 5) is 0. The largest absolute Gasteiger partial charge is 0.383 e. The van der Waals surface area contributed by atoms with E-state index >= 15 is 0 Å². The summed E-state index contributed by atoms with van der Waals surface area (Å²) in [7, 11) is 1.43. The Labute approximate surface area is 87.0 Å². The Balaban J connectivity index is 4.09. The zero-order valence-electron chi connectivity index (χ0n) is 9.07. The number of ether oxygens (including phenoxy) is 1. The Morgan fingerprint density at radius 1 is 1.27 bits per heavy atom. The average Bonchev–Trinajstić information content (AvgIpc) is 2.11. The first kappa shape index (κ1) is 14.6. The fourth-order valence-electron chi connectivity index (χ4n) is 1.01. The molecule has 0 aromatic heterocycles. The van der Waals surface area contributed by atoms with Crippen molar-refractivity contribution in [2.45, 2.75) is 32.2 Å². The summed E-state index contributed by atoms with van der Waals surface area (Å²) in [5, 5.41) is 2.39. The van der Waals surface area contributed by atoms with Crippen LogP contribution in [-0.2, 0) is 4.74 Å². The minimum atomic E-state index is -3.99. The molecule has 0 spiro atoms. The lowest BCUT2D eigenvalue weighted by molar-refractivity contribution is -0.127. The number of halogens is 4. The molecule has 1 N–H and O–H groups in total. The lowest BCUT2D eigenvalue weighted by atomic mass is 10.1. The number of hydrogen-bond acceptors (Lipinski definition) is 2. The molecule has 0 radical (unpaired) electrons. The third kappa shape index (κ3) is 5.32. The Morgan fingerprint density at radius 2 is 1.80 bits per heavy atom. The second-order valence-electron chi connectivity index (χ2n) is 3.75. The molecule has 0 aliphatic carbocycles. The van der Waals surface area contributed by atoms with Gasteiger partial charge in [0.1, 0.15) is 0 Å². The van der Waals surface area contributed by atoms with Crippen LogP contribution in [0.4, 0.5) is 17.6 Å². The van der Waals surface area contributed by atoms with Crippen LogP contribution in [0, 0.1) is 5.92 Å². The molecule has 0 aliphatic heterocycles. The molecule has 1 unspecified atom stereocenters. The van der Waals surface area contributed by atoms with Crippen LogP contribution in [0.2, 0.25) is 0 Å². The molecule has 6 heteroatoms. The van der Waals surface area contributed by atoms with Crippen molar-refractivity contribution in [2.75, 3.05) is 20.3 Å². The van der Waals surface area contributed by atoms with Gasteiger partial charge in [-0.15, -0.1) is 0 Å². The normalized spacial score (nSPS) is 15.0. The highest BCUT2D eigenvalue weighted by atomic mass is 19.3. The maximum atomic E-state index is 12.6. The summed E-state index contributed by atoms with van der Waals surface area (Å²) in [6.07, 6.45) is -3.64. The van der Waals surface area contributed by atoms with Crippen molar-refractivity contribution in [1.29, 1.82) is 0 Å². The zero-order chi connectivity index (χ0) is 12.1. The molecule has 0 saturated carbocycles. The Hall–Kier alpha value is -0.360. The van der Waals surface area contributed by atoms with E-state index in [1.807, 2.05) is 0 Å². The molecule has 92 valence electrons. The van der Waals surface area contributed by atoms with Gasteiger partial charge < -0.3 is 10.1 Å². The van der Waals surface area contributed by atoms with E-state index in [4.69, 9.17) is 4.74 Å². The van der Waals surface area contributed by atoms with E-state index in [0.29, 0.717) is 0 Å². The molecular weight excluding hydrogens is 214 g/mol. The van der Waals surface area contributed by atoms with Gasteiger partial charge in [-0.05, 0) is 5.92 Å². The summed E-state index contributed by atoms with van der Waals surface area (Å²) in [5.74, 6) is -3.95. The number of hydrogen-bond donors (Lipinski definition) is 1. The molecule has 0 heterocycles.